The second-order valence-electron chi connectivity index (χ2n) is 5.86. The van der Waals surface area contributed by atoms with Gasteiger partial charge in [0.25, 0.3) is 0 Å². The number of benzene rings is 1. The second-order valence-corrected chi connectivity index (χ2v) is 7.33. The highest BCUT2D eigenvalue weighted by molar-refractivity contribution is 7.99. The van der Waals surface area contributed by atoms with Gasteiger partial charge in [-0.05, 0) is 41.3 Å². The van der Waals surface area contributed by atoms with E-state index in [4.69, 9.17) is 11.6 Å². The number of rotatable bonds is 6. The monoisotopic (exact) mass is 365 g/mol. The van der Waals surface area contributed by atoms with E-state index in [0.29, 0.717) is 12.2 Å². The van der Waals surface area contributed by atoms with Gasteiger partial charge in [-0.25, -0.2) is 4.68 Å². The van der Waals surface area contributed by atoms with Crippen LogP contribution < -0.4 is 0 Å². The van der Waals surface area contributed by atoms with Crippen LogP contribution in [0.1, 0.15) is 24.8 Å². The van der Waals surface area contributed by atoms with Crippen molar-refractivity contribution in [1.29, 1.82) is 0 Å². The van der Waals surface area contributed by atoms with E-state index in [1.54, 1.807) is 11.7 Å². The molecule has 1 atom stereocenters. The molecule has 6 nitrogen and oxygen atoms in total. The van der Waals surface area contributed by atoms with Gasteiger partial charge in [-0.3, -0.25) is 4.79 Å². The first-order valence-electron chi connectivity index (χ1n) is 8.03. The molecule has 128 valence electrons. The molecule has 0 saturated carbocycles. The van der Waals surface area contributed by atoms with E-state index < -0.39 is 0 Å². The highest BCUT2D eigenvalue weighted by atomic mass is 35.5. The van der Waals surface area contributed by atoms with Crippen molar-refractivity contribution < 1.29 is 4.79 Å². The lowest BCUT2D eigenvalue weighted by atomic mass is 10.0. The first-order valence-corrected chi connectivity index (χ1v) is 9.39. The van der Waals surface area contributed by atoms with Crippen molar-refractivity contribution >= 4 is 29.3 Å². The summed E-state index contributed by atoms with van der Waals surface area (Å²) in [6, 6.07) is 8.12. The fraction of sp³-hybridized carbons (Fsp3) is 0.500. The zero-order chi connectivity index (χ0) is 16.9. The molecular formula is C16H20ClN5OS. The first kappa shape index (κ1) is 17.2. The molecule has 2 aromatic rings. The molecule has 2 heterocycles. The predicted molar refractivity (Wildman–Crippen MR) is 94.0 cm³/mol. The maximum absolute atomic E-state index is 12.6. The van der Waals surface area contributed by atoms with Gasteiger partial charge >= 0.3 is 0 Å². The van der Waals surface area contributed by atoms with Crippen LogP contribution in [0.15, 0.2) is 29.4 Å². The van der Waals surface area contributed by atoms with E-state index in [-0.39, 0.29) is 11.9 Å². The molecule has 0 radical (unpaired) electrons. The maximum atomic E-state index is 12.6. The molecule has 0 N–H and O–H groups in total. The number of thioether (sulfide) groups is 1. The Labute approximate surface area is 150 Å². The van der Waals surface area contributed by atoms with Crippen LogP contribution in [0.3, 0.4) is 0 Å². The molecule has 24 heavy (non-hydrogen) atoms. The van der Waals surface area contributed by atoms with Crippen molar-refractivity contribution in [2.24, 2.45) is 7.05 Å². The SMILES string of the molecule is Cn1nnnc1SCCC(=O)N1CCCC1Cc1ccccc1Cl. The largest absolute Gasteiger partial charge is 0.339 e. The zero-order valence-corrected chi connectivity index (χ0v) is 15.1. The molecule has 1 saturated heterocycles. The molecule has 1 aliphatic heterocycles. The van der Waals surface area contributed by atoms with Crippen molar-refractivity contribution in [2.45, 2.75) is 36.9 Å². The van der Waals surface area contributed by atoms with Crippen molar-refractivity contribution in [1.82, 2.24) is 25.1 Å². The van der Waals surface area contributed by atoms with Crippen molar-refractivity contribution in [3.05, 3.63) is 34.9 Å². The lowest BCUT2D eigenvalue weighted by Crippen LogP contribution is -2.37. The Balaban J connectivity index is 1.53. The van der Waals surface area contributed by atoms with Crippen molar-refractivity contribution in [3.8, 4) is 0 Å². The van der Waals surface area contributed by atoms with Crippen LogP contribution in [0.25, 0.3) is 0 Å². The Morgan fingerprint density at radius 3 is 3.00 bits per heavy atom. The minimum Gasteiger partial charge on any atom is -0.339 e. The van der Waals surface area contributed by atoms with Gasteiger partial charge in [0.15, 0.2) is 0 Å². The van der Waals surface area contributed by atoms with E-state index in [1.807, 2.05) is 29.2 Å². The van der Waals surface area contributed by atoms with Crippen LogP contribution in [0.4, 0.5) is 0 Å². The molecule has 0 bridgehead atoms. The van der Waals surface area contributed by atoms with Crippen LogP contribution in [-0.4, -0.2) is 49.4 Å². The molecule has 1 fully saturated rings. The summed E-state index contributed by atoms with van der Waals surface area (Å²) in [6.07, 6.45) is 3.42. The van der Waals surface area contributed by atoms with Gasteiger partial charge < -0.3 is 4.90 Å². The van der Waals surface area contributed by atoms with Gasteiger partial charge in [-0.15, -0.1) is 5.10 Å². The maximum Gasteiger partial charge on any atom is 0.223 e. The molecule has 1 aromatic carbocycles. The van der Waals surface area contributed by atoms with E-state index in [2.05, 4.69) is 15.5 Å². The zero-order valence-electron chi connectivity index (χ0n) is 13.6. The Morgan fingerprint density at radius 2 is 2.25 bits per heavy atom. The number of amides is 1. The third-order valence-corrected chi connectivity index (χ3v) is 5.62. The van der Waals surface area contributed by atoms with E-state index >= 15 is 0 Å². The molecule has 3 rings (SSSR count). The summed E-state index contributed by atoms with van der Waals surface area (Å²) in [4.78, 5) is 14.6. The third kappa shape index (κ3) is 4.08. The van der Waals surface area contributed by atoms with E-state index in [9.17, 15) is 4.79 Å². The summed E-state index contributed by atoms with van der Waals surface area (Å²) in [5.41, 5.74) is 1.11. The Hall–Kier alpha value is -1.60. The van der Waals surface area contributed by atoms with Gasteiger partial charge in [0.05, 0.1) is 0 Å². The number of hydrogen-bond donors (Lipinski definition) is 0. The molecular weight excluding hydrogens is 346 g/mol. The van der Waals surface area contributed by atoms with Crippen LogP contribution in [0.5, 0.6) is 0 Å². The number of carbonyl (C=O) groups is 1. The summed E-state index contributed by atoms with van der Waals surface area (Å²) in [7, 11) is 1.80. The summed E-state index contributed by atoms with van der Waals surface area (Å²) in [5.74, 6) is 0.884. The predicted octanol–water partition coefficient (Wildman–Crippen LogP) is 2.58. The number of nitrogens with zero attached hydrogens (tertiary/aromatic N) is 5. The number of aromatic nitrogens is 4. The highest BCUT2D eigenvalue weighted by Gasteiger charge is 2.28. The van der Waals surface area contributed by atoms with Gasteiger partial charge in [0.1, 0.15) is 0 Å². The first-order chi connectivity index (χ1) is 11.6. The van der Waals surface area contributed by atoms with Crippen molar-refractivity contribution in [2.75, 3.05) is 12.3 Å². The standard InChI is InChI=1S/C16H20ClN5OS/c1-21-16(18-19-20-21)24-10-8-15(23)22-9-4-6-13(22)11-12-5-2-3-7-14(12)17/h2-3,5,7,13H,4,6,8-11H2,1H3. The fourth-order valence-electron chi connectivity index (χ4n) is 3.01. The lowest BCUT2D eigenvalue weighted by molar-refractivity contribution is -0.131. The molecule has 1 aromatic heterocycles. The summed E-state index contributed by atoms with van der Waals surface area (Å²) >= 11 is 7.76. The summed E-state index contributed by atoms with van der Waals surface area (Å²) in [5, 5.41) is 12.8. The molecule has 1 aliphatic rings. The highest BCUT2D eigenvalue weighted by Crippen LogP contribution is 2.26. The van der Waals surface area contributed by atoms with Crippen LogP contribution in [0, 0.1) is 0 Å². The van der Waals surface area contributed by atoms with E-state index in [1.165, 1.54) is 11.8 Å². The summed E-state index contributed by atoms with van der Waals surface area (Å²) in [6.45, 7) is 0.837. The number of carbonyl (C=O) groups excluding carboxylic acids is 1. The molecule has 1 amide bonds. The van der Waals surface area contributed by atoms with Crippen molar-refractivity contribution in [3.63, 3.8) is 0 Å². The van der Waals surface area contributed by atoms with E-state index in [0.717, 1.165) is 41.5 Å². The lowest BCUT2D eigenvalue weighted by Gasteiger charge is -2.25. The molecule has 8 heteroatoms. The Morgan fingerprint density at radius 1 is 1.42 bits per heavy atom. The second kappa shape index (κ2) is 7.98. The summed E-state index contributed by atoms with van der Waals surface area (Å²) < 4.78 is 1.62. The minimum absolute atomic E-state index is 0.201. The average Bonchev–Trinajstić information content (AvgIpc) is 3.19. The smallest absolute Gasteiger partial charge is 0.223 e. The molecule has 0 aliphatic carbocycles. The number of aryl methyl sites for hydroxylation is 1. The topological polar surface area (TPSA) is 63.9 Å². The quantitative estimate of drug-likeness (QED) is 0.736. The number of likely N-dealkylation sites (tertiary alicyclic amines) is 1. The Kier molecular flexibility index (Phi) is 5.73. The third-order valence-electron chi connectivity index (χ3n) is 4.24. The van der Waals surface area contributed by atoms with Gasteiger partial charge in [0, 0.05) is 36.8 Å². The van der Waals surface area contributed by atoms with Gasteiger partial charge in [0.2, 0.25) is 11.1 Å². The average molecular weight is 366 g/mol. The number of hydrogen-bond acceptors (Lipinski definition) is 5. The van der Waals surface area contributed by atoms with Gasteiger partial charge in [-0.2, -0.15) is 0 Å². The Bertz CT molecular complexity index is 707. The molecule has 0 spiro atoms. The van der Waals surface area contributed by atoms with Crippen LogP contribution in [0.2, 0.25) is 5.02 Å². The number of halogens is 1. The van der Waals surface area contributed by atoms with Gasteiger partial charge in [-0.1, -0.05) is 41.6 Å². The fourth-order valence-corrected chi connectivity index (χ4v) is 4.00. The number of tetrazole rings is 1. The minimum atomic E-state index is 0.201. The van der Waals surface area contributed by atoms with Crippen LogP contribution in [-0.2, 0) is 18.3 Å². The van der Waals surface area contributed by atoms with Crippen LogP contribution >= 0.6 is 23.4 Å². The molecule has 1 unspecified atom stereocenters. The normalized spacial score (nSPS) is 17.4.